The number of nitrogens with two attached hydrogens (primary N) is 1. The first-order valence-electron chi connectivity index (χ1n) is 6.06. The highest BCUT2D eigenvalue weighted by Gasteiger charge is 2.25. The van der Waals surface area contributed by atoms with E-state index in [9.17, 15) is 0 Å². The lowest BCUT2D eigenvalue weighted by atomic mass is 10.1. The van der Waals surface area contributed by atoms with Crippen LogP contribution in [0.1, 0.15) is 13.8 Å². The number of hydrogen-bond acceptors (Lipinski definition) is 6. The van der Waals surface area contributed by atoms with Gasteiger partial charge >= 0.3 is 0 Å². The van der Waals surface area contributed by atoms with Crippen LogP contribution < -0.4 is 10.6 Å². The molecule has 2 heterocycles. The van der Waals surface area contributed by atoms with E-state index in [4.69, 9.17) is 15.1 Å². The van der Waals surface area contributed by atoms with Gasteiger partial charge in [0.2, 0.25) is 0 Å². The molecule has 6 nitrogen and oxygen atoms in total. The van der Waals surface area contributed by atoms with Crippen molar-refractivity contribution in [3.8, 4) is 0 Å². The molecule has 18 heavy (non-hydrogen) atoms. The summed E-state index contributed by atoms with van der Waals surface area (Å²) in [5.41, 5.74) is 8.78. The number of morpholine rings is 1. The summed E-state index contributed by atoms with van der Waals surface area (Å²) in [7, 11) is 0. The largest absolute Gasteiger partial charge is 0.397 e. The molecular weight excluding hydrogens is 232 g/mol. The van der Waals surface area contributed by atoms with Crippen molar-refractivity contribution in [1.29, 1.82) is 0 Å². The second-order valence-corrected chi connectivity index (χ2v) is 4.80. The van der Waals surface area contributed by atoms with Crippen LogP contribution in [0, 0.1) is 0 Å². The standard InChI is InChI=1S/C12H16N4O2/c1-7-5-16(6-8(2)17-7)10-4-3-9(13)11-12(10)15-18-14-11/h3-4,7-8H,5-6,13H2,1-2H3. The summed E-state index contributed by atoms with van der Waals surface area (Å²) in [5.74, 6) is 0. The maximum absolute atomic E-state index is 5.85. The van der Waals surface area contributed by atoms with Gasteiger partial charge in [0.15, 0.2) is 11.0 Å². The van der Waals surface area contributed by atoms with E-state index in [-0.39, 0.29) is 12.2 Å². The van der Waals surface area contributed by atoms with Crippen LogP contribution in [0.4, 0.5) is 11.4 Å². The molecular formula is C12H16N4O2. The molecule has 0 aliphatic carbocycles. The maximum Gasteiger partial charge on any atom is 0.160 e. The Morgan fingerprint density at radius 1 is 1.17 bits per heavy atom. The SMILES string of the molecule is CC1CN(c2ccc(N)c3nonc23)CC(C)O1. The monoisotopic (exact) mass is 248 g/mol. The fraction of sp³-hybridized carbons (Fsp3) is 0.500. The first kappa shape index (κ1) is 11.3. The van der Waals surface area contributed by atoms with Gasteiger partial charge < -0.3 is 15.4 Å². The molecule has 1 aliphatic rings. The maximum atomic E-state index is 5.85. The fourth-order valence-corrected chi connectivity index (χ4v) is 2.50. The Hall–Kier alpha value is -1.82. The molecule has 1 aromatic carbocycles. The lowest BCUT2D eigenvalue weighted by molar-refractivity contribution is -0.00514. The van der Waals surface area contributed by atoms with Gasteiger partial charge in [-0.05, 0) is 36.3 Å². The van der Waals surface area contributed by atoms with Gasteiger partial charge in [-0.25, -0.2) is 4.63 Å². The van der Waals surface area contributed by atoms with E-state index in [1.165, 1.54) is 0 Å². The Morgan fingerprint density at radius 3 is 2.56 bits per heavy atom. The summed E-state index contributed by atoms with van der Waals surface area (Å²) in [6, 6.07) is 3.80. The van der Waals surface area contributed by atoms with E-state index < -0.39 is 0 Å². The van der Waals surface area contributed by atoms with Crippen LogP contribution in [-0.4, -0.2) is 35.6 Å². The summed E-state index contributed by atoms with van der Waals surface area (Å²) < 4.78 is 10.5. The number of rotatable bonds is 1. The first-order chi connectivity index (χ1) is 8.65. The van der Waals surface area contributed by atoms with Crippen LogP contribution in [0.25, 0.3) is 11.0 Å². The molecule has 1 saturated heterocycles. The van der Waals surface area contributed by atoms with E-state index >= 15 is 0 Å². The van der Waals surface area contributed by atoms with Gasteiger partial charge in [-0.15, -0.1) is 0 Å². The summed E-state index contributed by atoms with van der Waals surface area (Å²) >= 11 is 0. The van der Waals surface area contributed by atoms with Gasteiger partial charge in [0.1, 0.15) is 0 Å². The molecule has 0 bridgehead atoms. The van der Waals surface area contributed by atoms with E-state index in [2.05, 4.69) is 29.1 Å². The first-order valence-corrected chi connectivity index (χ1v) is 6.06. The van der Waals surface area contributed by atoms with Gasteiger partial charge in [0.05, 0.1) is 23.6 Å². The Bertz CT molecular complexity index is 558. The van der Waals surface area contributed by atoms with E-state index in [0.29, 0.717) is 11.2 Å². The highest BCUT2D eigenvalue weighted by molar-refractivity contribution is 5.95. The normalized spacial score (nSPS) is 24.7. The lowest BCUT2D eigenvalue weighted by Crippen LogP contribution is -2.45. The highest BCUT2D eigenvalue weighted by atomic mass is 16.6. The topological polar surface area (TPSA) is 77.4 Å². The second kappa shape index (κ2) is 4.13. The second-order valence-electron chi connectivity index (χ2n) is 4.80. The van der Waals surface area contributed by atoms with Crippen molar-refractivity contribution in [2.45, 2.75) is 26.1 Å². The third kappa shape index (κ3) is 1.78. The zero-order chi connectivity index (χ0) is 12.7. The number of hydrogen-bond donors (Lipinski definition) is 1. The molecule has 2 aromatic rings. The number of anilines is 2. The average molecular weight is 248 g/mol. The van der Waals surface area contributed by atoms with Crippen molar-refractivity contribution < 1.29 is 9.37 Å². The minimum atomic E-state index is 0.196. The number of nitrogens with zero attached hydrogens (tertiary/aromatic N) is 3. The molecule has 1 aromatic heterocycles. The zero-order valence-electron chi connectivity index (χ0n) is 10.5. The third-order valence-corrected chi connectivity index (χ3v) is 3.19. The highest BCUT2D eigenvalue weighted by Crippen LogP contribution is 2.30. The molecule has 0 spiro atoms. The van der Waals surface area contributed by atoms with Crippen LogP contribution in [0.15, 0.2) is 16.8 Å². The molecule has 1 fully saturated rings. The minimum Gasteiger partial charge on any atom is -0.397 e. The summed E-state index contributed by atoms with van der Waals surface area (Å²) in [6.07, 6.45) is 0.391. The number of fused-ring (bicyclic) bond motifs is 1. The predicted molar refractivity (Wildman–Crippen MR) is 68.4 cm³/mol. The van der Waals surface area contributed by atoms with Crippen LogP contribution in [0.2, 0.25) is 0 Å². The summed E-state index contributed by atoms with van der Waals surface area (Å²) in [6.45, 7) is 5.79. The van der Waals surface area contributed by atoms with Gasteiger partial charge in [-0.3, -0.25) is 0 Å². The molecule has 6 heteroatoms. The minimum absolute atomic E-state index is 0.196. The predicted octanol–water partition coefficient (Wildman–Crippen LogP) is 1.42. The Morgan fingerprint density at radius 2 is 1.83 bits per heavy atom. The van der Waals surface area contributed by atoms with Gasteiger partial charge in [-0.2, -0.15) is 0 Å². The summed E-state index contributed by atoms with van der Waals surface area (Å²) in [4.78, 5) is 2.24. The van der Waals surface area contributed by atoms with Gasteiger partial charge in [-0.1, -0.05) is 0 Å². The quantitative estimate of drug-likeness (QED) is 0.769. The average Bonchev–Trinajstić information content (AvgIpc) is 2.77. The third-order valence-electron chi connectivity index (χ3n) is 3.19. The van der Waals surface area contributed by atoms with E-state index in [1.807, 2.05) is 12.1 Å². The van der Waals surface area contributed by atoms with Crippen molar-refractivity contribution in [2.75, 3.05) is 23.7 Å². The fourth-order valence-electron chi connectivity index (χ4n) is 2.50. The summed E-state index contributed by atoms with van der Waals surface area (Å²) in [5, 5.41) is 7.80. The van der Waals surface area contributed by atoms with Crippen LogP contribution in [0.5, 0.6) is 0 Å². The van der Waals surface area contributed by atoms with Crippen LogP contribution in [-0.2, 0) is 4.74 Å². The number of benzene rings is 1. The molecule has 2 N–H and O–H groups in total. The number of ether oxygens (including phenoxy) is 1. The van der Waals surface area contributed by atoms with E-state index in [1.54, 1.807) is 0 Å². The van der Waals surface area contributed by atoms with Gasteiger partial charge in [0, 0.05) is 13.1 Å². The van der Waals surface area contributed by atoms with E-state index in [0.717, 1.165) is 24.3 Å². The van der Waals surface area contributed by atoms with Crippen molar-refractivity contribution >= 4 is 22.4 Å². The molecule has 2 atom stereocenters. The van der Waals surface area contributed by atoms with Crippen LogP contribution >= 0.6 is 0 Å². The molecule has 3 rings (SSSR count). The molecule has 96 valence electrons. The number of nitrogen functional groups attached to an aromatic ring is 1. The lowest BCUT2D eigenvalue weighted by Gasteiger charge is -2.36. The van der Waals surface area contributed by atoms with Crippen molar-refractivity contribution in [1.82, 2.24) is 10.3 Å². The zero-order valence-corrected chi connectivity index (χ0v) is 10.5. The van der Waals surface area contributed by atoms with Crippen molar-refractivity contribution in [2.24, 2.45) is 0 Å². The van der Waals surface area contributed by atoms with Crippen LogP contribution in [0.3, 0.4) is 0 Å². The Labute approximate surface area is 105 Å². The molecule has 0 radical (unpaired) electrons. The Kier molecular flexibility index (Phi) is 2.59. The molecule has 1 aliphatic heterocycles. The Balaban J connectivity index is 2.03. The van der Waals surface area contributed by atoms with Crippen molar-refractivity contribution in [3.63, 3.8) is 0 Å². The smallest absolute Gasteiger partial charge is 0.160 e. The number of aromatic nitrogens is 2. The van der Waals surface area contributed by atoms with Gasteiger partial charge in [0.25, 0.3) is 0 Å². The molecule has 2 unspecified atom stereocenters. The van der Waals surface area contributed by atoms with Crippen molar-refractivity contribution in [3.05, 3.63) is 12.1 Å². The molecule has 0 amide bonds. The molecule has 0 saturated carbocycles.